The highest BCUT2D eigenvalue weighted by Crippen LogP contribution is 2.29. The molecule has 5 nitrogen and oxygen atoms in total. The van der Waals surface area contributed by atoms with Gasteiger partial charge < -0.3 is 15.4 Å². The van der Waals surface area contributed by atoms with Gasteiger partial charge in [0.1, 0.15) is 0 Å². The molecule has 108 valence electrons. The van der Waals surface area contributed by atoms with Crippen LogP contribution in [-0.4, -0.2) is 36.1 Å². The van der Waals surface area contributed by atoms with Crippen molar-refractivity contribution >= 4 is 11.5 Å². The molecule has 1 fully saturated rings. The van der Waals surface area contributed by atoms with Crippen molar-refractivity contribution < 1.29 is 4.74 Å². The molecule has 1 saturated heterocycles. The monoisotopic (exact) mass is 266 g/mol. The highest BCUT2D eigenvalue weighted by atomic mass is 16.5. The summed E-state index contributed by atoms with van der Waals surface area (Å²) in [7, 11) is 2.07. The SMILES string of the molecule is Cc1nn(C(C)C)c(N(C)CC2CCCCO2)c1N. The molecule has 1 aliphatic rings. The number of hydrogen-bond donors (Lipinski definition) is 1. The van der Waals surface area contributed by atoms with Gasteiger partial charge in [-0.2, -0.15) is 5.10 Å². The summed E-state index contributed by atoms with van der Waals surface area (Å²) in [6.07, 6.45) is 3.90. The van der Waals surface area contributed by atoms with Gasteiger partial charge in [-0.25, -0.2) is 4.68 Å². The number of nitrogens with two attached hydrogens (primary N) is 1. The van der Waals surface area contributed by atoms with Crippen molar-refractivity contribution in [2.75, 3.05) is 30.8 Å². The molecular formula is C14H26N4O. The van der Waals surface area contributed by atoms with Crippen molar-refractivity contribution in [3.63, 3.8) is 0 Å². The predicted molar refractivity (Wildman–Crippen MR) is 78.6 cm³/mol. The summed E-state index contributed by atoms with van der Waals surface area (Å²) in [5, 5.41) is 4.53. The van der Waals surface area contributed by atoms with Crippen LogP contribution in [-0.2, 0) is 4.74 Å². The average Bonchev–Trinajstić information content (AvgIpc) is 2.67. The molecule has 0 saturated carbocycles. The first-order chi connectivity index (χ1) is 9.00. The minimum atomic E-state index is 0.306. The lowest BCUT2D eigenvalue weighted by atomic mass is 10.1. The van der Waals surface area contributed by atoms with E-state index in [1.807, 2.05) is 11.6 Å². The van der Waals surface area contributed by atoms with Crippen LogP contribution >= 0.6 is 0 Å². The molecule has 0 aliphatic carbocycles. The average molecular weight is 266 g/mol. The van der Waals surface area contributed by atoms with E-state index < -0.39 is 0 Å². The summed E-state index contributed by atoms with van der Waals surface area (Å²) in [6, 6.07) is 0.306. The van der Waals surface area contributed by atoms with Crippen molar-refractivity contribution in [3.8, 4) is 0 Å². The molecule has 0 amide bonds. The van der Waals surface area contributed by atoms with Gasteiger partial charge in [0.15, 0.2) is 5.82 Å². The first-order valence-electron chi connectivity index (χ1n) is 7.18. The Labute approximate surface area is 115 Å². The molecule has 0 radical (unpaired) electrons. The van der Waals surface area contributed by atoms with Crippen LogP contribution in [0.25, 0.3) is 0 Å². The maximum absolute atomic E-state index is 6.18. The zero-order valence-electron chi connectivity index (χ0n) is 12.5. The fourth-order valence-corrected chi connectivity index (χ4v) is 2.63. The van der Waals surface area contributed by atoms with Gasteiger partial charge in [-0.1, -0.05) is 0 Å². The van der Waals surface area contributed by atoms with Crippen molar-refractivity contribution in [1.29, 1.82) is 0 Å². The van der Waals surface area contributed by atoms with Crippen LogP contribution in [0.3, 0.4) is 0 Å². The maximum atomic E-state index is 6.18. The molecule has 2 heterocycles. The van der Waals surface area contributed by atoms with E-state index in [1.165, 1.54) is 12.8 Å². The topological polar surface area (TPSA) is 56.3 Å². The Kier molecular flexibility index (Phi) is 4.34. The molecule has 1 atom stereocenters. The number of nitrogens with zero attached hydrogens (tertiary/aromatic N) is 3. The second kappa shape index (κ2) is 5.82. The van der Waals surface area contributed by atoms with Gasteiger partial charge in [0.05, 0.1) is 17.5 Å². The van der Waals surface area contributed by atoms with Crippen LogP contribution in [0.5, 0.6) is 0 Å². The lowest BCUT2D eigenvalue weighted by Crippen LogP contribution is -2.35. The van der Waals surface area contributed by atoms with E-state index in [-0.39, 0.29) is 0 Å². The van der Waals surface area contributed by atoms with E-state index >= 15 is 0 Å². The first-order valence-corrected chi connectivity index (χ1v) is 7.18. The highest BCUT2D eigenvalue weighted by molar-refractivity contribution is 5.66. The van der Waals surface area contributed by atoms with E-state index in [0.717, 1.165) is 36.8 Å². The number of rotatable bonds is 4. The van der Waals surface area contributed by atoms with E-state index in [0.29, 0.717) is 12.1 Å². The molecule has 0 spiro atoms. The summed E-state index contributed by atoms with van der Waals surface area (Å²) < 4.78 is 7.81. The third-order valence-corrected chi connectivity index (χ3v) is 3.71. The Balaban J connectivity index is 2.15. The molecule has 1 aliphatic heterocycles. The van der Waals surface area contributed by atoms with Crippen molar-refractivity contribution in [2.45, 2.75) is 52.2 Å². The van der Waals surface area contributed by atoms with Crippen LogP contribution in [0, 0.1) is 6.92 Å². The third-order valence-electron chi connectivity index (χ3n) is 3.71. The van der Waals surface area contributed by atoms with Gasteiger partial charge >= 0.3 is 0 Å². The van der Waals surface area contributed by atoms with Crippen molar-refractivity contribution in [3.05, 3.63) is 5.69 Å². The lowest BCUT2D eigenvalue weighted by Gasteiger charge is -2.29. The van der Waals surface area contributed by atoms with E-state index in [4.69, 9.17) is 10.5 Å². The zero-order chi connectivity index (χ0) is 14.0. The summed E-state index contributed by atoms with van der Waals surface area (Å²) in [5.41, 5.74) is 7.87. The standard InChI is InChI=1S/C14H26N4O/c1-10(2)18-14(13(15)11(3)16-18)17(4)9-12-7-5-6-8-19-12/h10,12H,5-9,15H2,1-4H3. The summed E-state index contributed by atoms with van der Waals surface area (Å²) >= 11 is 0. The number of aromatic nitrogens is 2. The lowest BCUT2D eigenvalue weighted by molar-refractivity contribution is 0.0214. The Morgan fingerprint density at radius 1 is 1.47 bits per heavy atom. The van der Waals surface area contributed by atoms with Crippen LogP contribution in [0.1, 0.15) is 44.8 Å². The van der Waals surface area contributed by atoms with E-state index in [9.17, 15) is 0 Å². The molecule has 2 N–H and O–H groups in total. The maximum Gasteiger partial charge on any atom is 0.150 e. The largest absolute Gasteiger partial charge is 0.394 e. The third kappa shape index (κ3) is 3.03. The van der Waals surface area contributed by atoms with Gasteiger partial charge in [-0.05, 0) is 40.0 Å². The van der Waals surface area contributed by atoms with Crippen LogP contribution in [0.2, 0.25) is 0 Å². The number of nitrogen functional groups attached to an aromatic ring is 1. The van der Waals surface area contributed by atoms with Gasteiger partial charge in [0.2, 0.25) is 0 Å². The number of aryl methyl sites for hydroxylation is 1. The Hall–Kier alpha value is -1.23. The highest BCUT2D eigenvalue weighted by Gasteiger charge is 2.22. The van der Waals surface area contributed by atoms with Gasteiger partial charge in [0.25, 0.3) is 0 Å². The fourth-order valence-electron chi connectivity index (χ4n) is 2.63. The Morgan fingerprint density at radius 3 is 2.79 bits per heavy atom. The molecule has 1 aromatic heterocycles. The Morgan fingerprint density at radius 2 is 2.21 bits per heavy atom. The van der Waals surface area contributed by atoms with Crippen molar-refractivity contribution in [1.82, 2.24) is 9.78 Å². The number of hydrogen-bond acceptors (Lipinski definition) is 4. The van der Waals surface area contributed by atoms with Crippen molar-refractivity contribution in [2.24, 2.45) is 0 Å². The molecule has 5 heteroatoms. The number of anilines is 2. The predicted octanol–water partition coefficient (Wildman–Crippen LogP) is 2.36. The summed E-state index contributed by atoms with van der Waals surface area (Å²) in [4.78, 5) is 2.19. The quantitative estimate of drug-likeness (QED) is 0.909. The van der Waals surface area contributed by atoms with E-state index in [2.05, 4.69) is 30.9 Å². The van der Waals surface area contributed by atoms with E-state index in [1.54, 1.807) is 0 Å². The molecule has 1 aromatic rings. The van der Waals surface area contributed by atoms with Crippen LogP contribution in [0.15, 0.2) is 0 Å². The van der Waals surface area contributed by atoms with Gasteiger partial charge in [-0.3, -0.25) is 0 Å². The summed E-state index contributed by atoms with van der Waals surface area (Å²) in [6.45, 7) is 7.97. The second-order valence-electron chi connectivity index (χ2n) is 5.73. The summed E-state index contributed by atoms with van der Waals surface area (Å²) in [5.74, 6) is 1.02. The fraction of sp³-hybridized carbons (Fsp3) is 0.786. The van der Waals surface area contributed by atoms with Gasteiger partial charge in [0, 0.05) is 26.2 Å². The molecule has 19 heavy (non-hydrogen) atoms. The van der Waals surface area contributed by atoms with Gasteiger partial charge in [-0.15, -0.1) is 0 Å². The van der Waals surface area contributed by atoms with Crippen LogP contribution in [0.4, 0.5) is 11.5 Å². The minimum Gasteiger partial charge on any atom is -0.394 e. The molecule has 0 bridgehead atoms. The number of ether oxygens (including phenoxy) is 1. The minimum absolute atomic E-state index is 0.306. The molecular weight excluding hydrogens is 240 g/mol. The number of likely N-dealkylation sites (N-methyl/N-ethyl adjacent to an activating group) is 1. The first kappa shape index (κ1) is 14.2. The molecule has 1 unspecified atom stereocenters. The normalized spacial score (nSPS) is 19.9. The zero-order valence-corrected chi connectivity index (χ0v) is 12.5. The molecule has 0 aromatic carbocycles. The van der Waals surface area contributed by atoms with Crippen LogP contribution < -0.4 is 10.6 Å². The molecule has 2 rings (SSSR count). The second-order valence-corrected chi connectivity index (χ2v) is 5.73. The smallest absolute Gasteiger partial charge is 0.150 e. The Bertz CT molecular complexity index is 421.